The summed E-state index contributed by atoms with van der Waals surface area (Å²) >= 11 is 0. The van der Waals surface area contributed by atoms with Crippen LogP contribution in [0.5, 0.6) is 5.75 Å². The van der Waals surface area contributed by atoms with Crippen molar-refractivity contribution in [2.24, 2.45) is 0 Å². The average molecular weight is 426 g/mol. The number of hydrogen-bond donors (Lipinski definition) is 1. The molecule has 2 aromatic rings. The van der Waals surface area contributed by atoms with Crippen molar-refractivity contribution in [2.45, 2.75) is 38.8 Å². The van der Waals surface area contributed by atoms with E-state index < -0.39 is 0 Å². The van der Waals surface area contributed by atoms with E-state index in [2.05, 4.69) is 15.3 Å². The SMILES string of the molecule is COc1cccc(CNC(=O)c2cnc(C3CCCCN3C(=O)CN(C)C)nc2C)c1. The van der Waals surface area contributed by atoms with Gasteiger partial charge in [0.25, 0.3) is 5.91 Å². The fraction of sp³-hybridized carbons (Fsp3) is 0.478. The zero-order valence-electron chi connectivity index (χ0n) is 18.7. The van der Waals surface area contributed by atoms with E-state index >= 15 is 0 Å². The molecule has 166 valence electrons. The van der Waals surface area contributed by atoms with Gasteiger partial charge in [0.1, 0.15) is 5.75 Å². The Bertz CT molecular complexity index is 931. The fourth-order valence-electron chi connectivity index (χ4n) is 3.79. The maximum absolute atomic E-state index is 12.7. The molecule has 1 aromatic carbocycles. The lowest BCUT2D eigenvalue weighted by Gasteiger charge is -2.35. The summed E-state index contributed by atoms with van der Waals surface area (Å²) in [5.41, 5.74) is 1.99. The van der Waals surface area contributed by atoms with Crippen molar-refractivity contribution in [1.29, 1.82) is 0 Å². The quantitative estimate of drug-likeness (QED) is 0.733. The van der Waals surface area contributed by atoms with Crippen LogP contribution in [0.1, 0.15) is 52.7 Å². The lowest BCUT2D eigenvalue weighted by atomic mass is 10.0. The minimum atomic E-state index is -0.226. The molecular weight excluding hydrogens is 394 g/mol. The number of nitrogens with zero attached hydrogens (tertiary/aromatic N) is 4. The molecule has 1 aromatic heterocycles. The van der Waals surface area contributed by atoms with Crippen molar-refractivity contribution < 1.29 is 14.3 Å². The Hall–Kier alpha value is -3.00. The third kappa shape index (κ3) is 5.79. The third-order valence-corrected chi connectivity index (χ3v) is 5.40. The molecule has 1 aliphatic rings. The van der Waals surface area contributed by atoms with Gasteiger partial charge in [0, 0.05) is 19.3 Å². The van der Waals surface area contributed by atoms with Crippen LogP contribution in [0.2, 0.25) is 0 Å². The second-order valence-corrected chi connectivity index (χ2v) is 8.10. The third-order valence-electron chi connectivity index (χ3n) is 5.40. The van der Waals surface area contributed by atoms with Crippen LogP contribution in [0.3, 0.4) is 0 Å². The summed E-state index contributed by atoms with van der Waals surface area (Å²) in [6.45, 7) is 3.26. The van der Waals surface area contributed by atoms with Gasteiger partial charge in [-0.2, -0.15) is 0 Å². The predicted octanol–water partition coefficient (Wildman–Crippen LogP) is 2.34. The molecule has 1 N–H and O–H groups in total. The number of piperidine rings is 1. The van der Waals surface area contributed by atoms with Gasteiger partial charge in [0.2, 0.25) is 5.91 Å². The monoisotopic (exact) mass is 425 g/mol. The van der Waals surface area contributed by atoms with Crippen molar-refractivity contribution in [3.63, 3.8) is 0 Å². The van der Waals surface area contributed by atoms with E-state index in [-0.39, 0.29) is 17.9 Å². The second kappa shape index (κ2) is 10.3. The molecule has 0 spiro atoms. The second-order valence-electron chi connectivity index (χ2n) is 8.10. The number of carbonyl (C=O) groups excluding carboxylic acids is 2. The first-order valence-electron chi connectivity index (χ1n) is 10.6. The van der Waals surface area contributed by atoms with Gasteiger partial charge >= 0.3 is 0 Å². The maximum Gasteiger partial charge on any atom is 0.254 e. The normalized spacial score (nSPS) is 16.3. The van der Waals surface area contributed by atoms with Crippen LogP contribution in [0.15, 0.2) is 30.5 Å². The minimum absolute atomic E-state index is 0.0797. The van der Waals surface area contributed by atoms with Crippen molar-refractivity contribution in [3.8, 4) is 5.75 Å². The van der Waals surface area contributed by atoms with Gasteiger partial charge in [0.15, 0.2) is 5.82 Å². The van der Waals surface area contributed by atoms with Gasteiger partial charge in [-0.1, -0.05) is 12.1 Å². The summed E-state index contributed by atoms with van der Waals surface area (Å²) in [5.74, 6) is 1.21. The van der Waals surface area contributed by atoms with Gasteiger partial charge < -0.3 is 19.9 Å². The van der Waals surface area contributed by atoms with Crippen molar-refractivity contribution in [2.75, 3.05) is 34.3 Å². The molecule has 31 heavy (non-hydrogen) atoms. The Labute approximate surface area is 183 Å². The highest BCUT2D eigenvalue weighted by molar-refractivity contribution is 5.94. The highest BCUT2D eigenvalue weighted by atomic mass is 16.5. The van der Waals surface area contributed by atoms with Crippen LogP contribution in [0.25, 0.3) is 0 Å². The molecule has 2 amide bonds. The number of hydrogen-bond acceptors (Lipinski definition) is 6. The first kappa shape index (κ1) is 22.7. The summed E-state index contributed by atoms with van der Waals surface area (Å²) in [6, 6.07) is 7.41. The molecule has 1 saturated heterocycles. The molecule has 0 aliphatic carbocycles. The van der Waals surface area contributed by atoms with Crippen LogP contribution in [0, 0.1) is 6.92 Å². The van der Waals surface area contributed by atoms with E-state index in [0.29, 0.717) is 36.7 Å². The van der Waals surface area contributed by atoms with E-state index in [0.717, 1.165) is 30.6 Å². The topological polar surface area (TPSA) is 87.7 Å². The van der Waals surface area contributed by atoms with Gasteiger partial charge in [-0.05, 0) is 58.0 Å². The molecule has 0 saturated carbocycles. The molecule has 1 atom stereocenters. The number of amides is 2. The van der Waals surface area contributed by atoms with Gasteiger partial charge in [-0.25, -0.2) is 9.97 Å². The molecule has 2 heterocycles. The number of likely N-dealkylation sites (tertiary alicyclic amines) is 1. The summed E-state index contributed by atoms with van der Waals surface area (Å²) in [6.07, 6.45) is 4.42. The van der Waals surface area contributed by atoms with Crippen molar-refractivity contribution in [1.82, 2.24) is 25.1 Å². The number of carbonyl (C=O) groups is 2. The standard InChI is InChI=1S/C23H31N5O3/c1-16-19(23(30)25-13-17-8-7-9-18(12-17)31-4)14-24-22(26-16)20-10-5-6-11-28(20)21(29)15-27(2)3/h7-9,12,14,20H,5-6,10-11,13,15H2,1-4H3,(H,25,30). The van der Waals surface area contributed by atoms with Gasteiger partial charge in [-0.15, -0.1) is 0 Å². The molecule has 1 unspecified atom stereocenters. The molecule has 8 nitrogen and oxygen atoms in total. The number of nitrogens with one attached hydrogen (secondary N) is 1. The number of aromatic nitrogens is 2. The largest absolute Gasteiger partial charge is 0.497 e. The highest BCUT2D eigenvalue weighted by Gasteiger charge is 2.30. The van der Waals surface area contributed by atoms with Crippen molar-refractivity contribution in [3.05, 3.63) is 53.1 Å². The lowest BCUT2D eigenvalue weighted by Crippen LogP contribution is -2.43. The van der Waals surface area contributed by atoms with E-state index in [1.165, 1.54) is 0 Å². The van der Waals surface area contributed by atoms with Crippen LogP contribution in [-0.2, 0) is 11.3 Å². The number of rotatable bonds is 7. The molecule has 0 radical (unpaired) electrons. The minimum Gasteiger partial charge on any atom is -0.497 e. The number of benzene rings is 1. The summed E-state index contributed by atoms with van der Waals surface area (Å²) < 4.78 is 5.22. The highest BCUT2D eigenvalue weighted by Crippen LogP contribution is 2.29. The number of ether oxygens (including phenoxy) is 1. The molecule has 1 aliphatic heterocycles. The zero-order valence-corrected chi connectivity index (χ0v) is 18.7. The van der Waals surface area contributed by atoms with Crippen LogP contribution in [0.4, 0.5) is 0 Å². The smallest absolute Gasteiger partial charge is 0.254 e. The van der Waals surface area contributed by atoms with E-state index in [9.17, 15) is 9.59 Å². The lowest BCUT2D eigenvalue weighted by molar-refractivity contribution is -0.135. The number of aryl methyl sites for hydroxylation is 1. The maximum atomic E-state index is 12.7. The van der Waals surface area contributed by atoms with E-state index in [1.807, 2.05) is 48.2 Å². The molecule has 0 bridgehead atoms. The average Bonchev–Trinajstić information content (AvgIpc) is 2.77. The Balaban J connectivity index is 1.70. The Morgan fingerprint density at radius 2 is 2.10 bits per heavy atom. The summed E-state index contributed by atoms with van der Waals surface area (Å²) in [4.78, 5) is 38.2. The number of likely N-dealkylation sites (N-methyl/N-ethyl adjacent to an activating group) is 1. The van der Waals surface area contributed by atoms with E-state index in [4.69, 9.17) is 4.74 Å². The molecule has 3 rings (SSSR count). The van der Waals surface area contributed by atoms with Crippen LogP contribution in [-0.4, -0.2) is 65.9 Å². The van der Waals surface area contributed by atoms with Gasteiger partial charge in [-0.3, -0.25) is 9.59 Å². The van der Waals surface area contributed by atoms with Crippen LogP contribution < -0.4 is 10.1 Å². The summed E-state index contributed by atoms with van der Waals surface area (Å²) in [5, 5.41) is 2.91. The van der Waals surface area contributed by atoms with Gasteiger partial charge in [0.05, 0.1) is 31.0 Å². The fourth-order valence-corrected chi connectivity index (χ4v) is 3.79. The first-order valence-corrected chi connectivity index (χ1v) is 10.6. The Morgan fingerprint density at radius 1 is 1.29 bits per heavy atom. The Morgan fingerprint density at radius 3 is 2.81 bits per heavy atom. The summed E-state index contributed by atoms with van der Waals surface area (Å²) in [7, 11) is 5.38. The first-order chi connectivity index (χ1) is 14.9. The Kier molecular flexibility index (Phi) is 7.57. The molecule has 1 fully saturated rings. The molecule has 8 heteroatoms. The van der Waals surface area contributed by atoms with Crippen molar-refractivity contribution >= 4 is 11.8 Å². The zero-order chi connectivity index (χ0) is 22.4. The number of methoxy groups -OCH3 is 1. The molecular formula is C23H31N5O3. The van der Waals surface area contributed by atoms with Crippen LogP contribution >= 0.6 is 0 Å². The predicted molar refractivity (Wildman–Crippen MR) is 118 cm³/mol. The van der Waals surface area contributed by atoms with E-state index in [1.54, 1.807) is 20.2 Å².